The number of fused-ring (bicyclic) bond motifs is 1. The standard InChI is InChI=1S/C19H17FN2O/c1-12-8-14(10-15(20)9-12)13-5-6-16-18(11-13)23-19(22-16)17-4-2-3-7-21-17/h2-4,7-10,13H,5-6,11H2,1H3. The molecule has 1 aliphatic rings. The minimum absolute atomic E-state index is 0.169. The number of benzene rings is 1. The smallest absolute Gasteiger partial charge is 0.245 e. The van der Waals surface area contributed by atoms with Crippen LogP contribution in [0.2, 0.25) is 0 Å². The molecule has 0 saturated heterocycles. The molecule has 2 aromatic heterocycles. The van der Waals surface area contributed by atoms with Crippen molar-refractivity contribution in [2.24, 2.45) is 0 Å². The molecular formula is C19H17FN2O. The van der Waals surface area contributed by atoms with Crippen molar-refractivity contribution in [3.8, 4) is 11.6 Å². The lowest BCUT2D eigenvalue weighted by Crippen LogP contribution is -2.12. The van der Waals surface area contributed by atoms with Crippen LogP contribution in [0.25, 0.3) is 11.6 Å². The Balaban J connectivity index is 1.63. The second-order valence-electron chi connectivity index (χ2n) is 6.11. The van der Waals surface area contributed by atoms with Crippen LogP contribution in [0.5, 0.6) is 0 Å². The third-order valence-electron chi connectivity index (χ3n) is 4.36. The van der Waals surface area contributed by atoms with Gasteiger partial charge in [0.2, 0.25) is 5.89 Å². The summed E-state index contributed by atoms with van der Waals surface area (Å²) in [5.41, 5.74) is 3.76. The number of nitrogens with zero attached hydrogens (tertiary/aromatic N) is 2. The molecule has 3 nitrogen and oxygen atoms in total. The number of hydrogen-bond acceptors (Lipinski definition) is 3. The highest BCUT2D eigenvalue weighted by molar-refractivity contribution is 5.47. The first-order chi connectivity index (χ1) is 11.2. The number of aryl methyl sites for hydroxylation is 2. The Morgan fingerprint density at radius 1 is 1.22 bits per heavy atom. The molecule has 1 aromatic carbocycles. The fraction of sp³-hybridized carbons (Fsp3) is 0.263. The highest BCUT2D eigenvalue weighted by atomic mass is 19.1. The molecule has 0 amide bonds. The first-order valence-corrected chi connectivity index (χ1v) is 7.86. The molecule has 0 radical (unpaired) electrons. The zero-order valence-electron chi connectivity index (χ0n) is 12.9. The average molecular weight is 308 g/mol. The molecule has 23 heavy (non-hydrogen) atoms. The molecule has 0 aliphatic heterocycles. The summed E-state index contributed by atoms with van der Waals surface area (Å²) < 4.78 is 19.6. The molecule has 0 spiro atoms. The van der Waals surface area contributed by atoms with Crippen LogP contribution in [0.4, 0.5) is 4.39 Å². The first kappa shape index (κ1) is 14.1. The van der Waals surface area contributed by atoms with E-state index in [9.17, 15) is 4.39 Å². The Morgan fingerprint density at radius 2 is 2.13 bits per heavy atom. The number of pyridine rings is 1. The Hall–Kier alpha value is -2.49. The van der Waals surface area contributed by atoms with E-state index in [0.29, 0.717) is 5.89 Å². The lowest BCUT2D eigenvalue weighted by molar-refractivity contribution is 0.456. The molecule has 3 aromatic rings. The number of oxazole rings is 1. The van der Waals surface area contributed by atoms with Gasteiger partial charge in [-0.05, 0) is 61.1 Å². The largest absolute Gasteiger partial charge is 0.440 e. The molecule has 1 aliphatic carbocycles. The van der Waals surface area contributed by atoms with Gasteiger partial charge in [-0.15, -0.1) is 0 Å². The van der Waals surface area contributed by atoms with E-state index < -0.39 is 0 Å². The molecule has 2 heterocycles. The van der Waals surface area contributed by atoms with Crippen LogP contribution in [0, 0.1) is 12.7 Å². The van der Waals surface area contributed by atoms with Crippen LogP contribution in [0.15, 0.2) is 47.0 Å². The molecular weight excluding hydrogens is 291 g/mol. The normalized spacial score (nSPS) is 17.0. The third kappa shape index (κ3) is 2.77. The molecule has 116 valence electrons. The molecule has 0 fully saturated rings. The van der Waals surface area contributed by atoms with Crippen LogP contribution in [0.3, 0.4) is 0 Å². The number of rotatable bonds is 2. The van der Waals surface area contributed by atoms with Crippen molar-refractivity contribution >= 4 is 0 Å². The number of hydrogen-bond donors (Lipinski definition) is 0. The maximum atomic E-state index is 13.7. The maximum Gasteiger partial charge on any atom is 0.245 e. The lowest BCUT2D eigenvalue weighted by atomic mass is 9.84. The van der Waals surface area contributed by atoms with E-state index in [2.05, 4.69) is 16.0 Å². The van der Waals surface area contributed by atoms with Crippen molar-refractivity contribution in [3.63, 3.8) is 0 Å². The summed E-state index contributed by atoms with van der Waals surface area (Å²) in [7, 11) is 0. The van der Waals surface area contributed by atoms with Gasteiger partial charge in [0.25, 0.3) is 0 Å². The van der Waals surface area contributed by atoms with Crippen molar-refractivity contribution in [3.05, 3.63) is 71.0 Å². The van der Waals surface area contributed by atoms with Gasteiger partial charge in [-0.1, -0.05) is 12.1 Å². The molecule has 0 bridgehead atoms. The van der Waals surface area contributed by atoms with Crippen molar-refractivity contribution < 1.29 is 8.81 Å². The van der Waals surface area contributed by atoms with E-state index >= 15 is 0 Å². The second-order valence-corrected chi connectivity index (χ2v) is 6.11. The summed E-state index contributed by atoms with van der Waals surface area (Å²) >= 11 is 0. The molecule has 1 atom stereocenters. The fourth-order valence-electron chi connectivity index (χ4n) is 3.26. The summed E-state index contributed by atoms with van der Waals surface area (Å²) in [6, 6.07) is 10.9. The summed E-state index contributed by atoms with van der Waals surface area (Å²) in [5.74, 6) is 1.59. The quantitative estimate of drug-likeness (QED) is 0.702. The number of aromatic nitrogens is 2. The highest BCUT2D eigenvalue weighted by Crippen LogP contribution is 2.35. The summed E-state index contributed by atoms with van der Waals surface area (Å²) in [6.45, 7) is 1.93. The zero-order valence-corrected chi connectivity index (χ0v) is 12.9. The monoisotopic (exact) mass is 308 g/mol. The Morgan fingerprint density at radius 3 is 2.91 bits per heavy atom. The van der Waals surface area contributed by atoms with Gasteiger partial charge in [0, 0.05) is 12.6 Å². The van der Waals surface area contributed by atoms with Gasteiger partial charge < -0.3 is 4.42 Å². The topological polar surface area (TPSA) is 38.9 Å². The highest BCUT2D eigenvalue weighted by Gasteiger charge is 2.26. The molecule has 4 rings (SSSR count). The second kappa shape index (κ2) is 5.61. The van der Waals surface area contributed by atoms with E-state index in [0.717, 1.165) is 47.5 Å². The predicted molar refractivity (Wildman–Crippen MR) is 85.6 cm³/mol. The SMILES string of the molecule is Cc1cc(F)cc(C2CCc3nc(-c4ccccn4)oc3C2)c1. The molecule has 1 unspecified atom stereocenters. The van der Waals surface area contributed by atoms with E-state index in [4.69, 9.17) is 4.42 Å². The lowest BCUT2D eigenvalue weighted by Gasteiger charge is -2.21. The third-order valence-corrected chi connectivity index (χ3v) is 4.36. The summed E-state index contributed by atoms with van der Waals surface area (Å²) in [4.78, 5) is 8.87. The van der Waals surface area contributed by atoms with E-state index in [1.807, 2.05) is 25.1 Å². The van der Waals surface area contributed by atoms with Crippen molar-refractivity contribution in [2.75, 3.05) is 0 Å². The van der Waals surface area contributed by atoms with Gasteiger partial charge in [-0.2, -0.15) is 0 Å². The van der Waals surface area contributed by atoms with Gasteiger partial charge >= 0.3 is 0 Å². The number of halogens is 1. The van der Waals surface area contributed by atoms with Crippen molar-refractivity contribution in [2.45, 2.75) is 32.1 Å². The molecule has 4 heteroatoms. The van der Waals surface area contributed by atoms with Crippen LogP contribution in [0.1, 0.15) is 34.9 Å². The van der Waals surface area contributed by atoms with Gasteiger partial charge in [-0.25, -0.2) is 9.37 Å². The zero-order chi connectivity index (χ0) is 15.8. The van der Waals surface area contributed by atoms with Crippen molar-refractivity contribution in [1.82, 2.24) is 9.97 Å². The minimum atomic E-state index is -0.169. The summed E-state index contributed by atoms with van der Waals surface area (Å²) in [5, 5.41) is 0. The molecule has 0 N–H and O–H groups in total. The van der Waals surface area contributed by atoms with Gasteiger partial charge in [0.05, 0.1) is 5.69 Å². The van der Waals surface area contributed by atoms with Crippen LogP contribution in [-0.4, -0.2) is 9.97 Å². The Kier molecular flexibility index (Phi) is 3.45. The van der Waals surface area contributed by atoms with E-state index in [-0.39, 0.29) is 11.7 Å². The van der Waals surface area contributed by atoms with Crippen molar-refractivity contribution in [1.29, 1.82) is 0 Å². The molecule has 0 saturated carbocycles. The average Bonchev–Trinajstić information content (AvgIpc) is 2.98. The first-order valence-electron chi connectivity index (χ1n) is 7.86. The van der Waals surface area contributed by atoms with Gasteiger partial charge in [-0.3, -0.25) is 4.98 Å². The maximum absolute atomic E-state index is 13.7. The van der Waals surface area contributed by atoms with Gasteiger partial charge in [0.15, 0.2) is 0 Å². The predicted octanol–water partition coefficient (Wildman–Crippen LogP) is 4.46. The van der Waals surface area contributed by atoms with Crippen LogP contribution >= 0.6 is 0 Å². The van der Waals surface area contributed by atoms with E-state index in [1.165, 1.54) is 0 Å². The minimum Gasteiger partial charge on any atom is -0.440 e. The summed E-state index contributed by atoms with van der Waals surface area (Å²) in [6.07, 6.45) is 4.31. The van der Waals surface area contributed by atoms with Crippen LogP contribution in [-0.2, 0) is 12.8 Å². The van der Waals surface area contributed by atoms with Crippen LogP contribution < -0.4 is 0 Å². The van der Waals surface area contributed by atoms with Gasteiger partial charge in [0.1, 0.15) is 17.3 Å². The Labute approximate surface area is 134 Å². The Bertz CT molecular complexity index is 822. The van der Waals surface area contributed by atoms with E-state index in [1.54, 1.807) is 18.3 Å². The fourth-order valence-corrected chi connectivity index (χ4v) is 3.26.